The minimum atomic E-state index is -2.38. The molecule has 0 bridgehead atoms. The zero-order valence-corrected chi connectivity index (χ0v) is 52.8. The van der Waals surface area contributed by atoms with Gasteiger partial charge in [-0.15, -0.1) is 0 Å². The maximum atomic E-state index is 8.38. The van der Waals surface area contributed by atoms with Crippen molar-refractivity contribution in [1.82, 2.24) is 0 Å². The van der Waals surface area contributed by atoms with Gasteiger partial charge in [0.2, 0.25) is 22.8 Å². The average Bonchev–Trinajstić information content (AvgIpc) is 1.45. The van der Waals surface area contributed by atoms with Gasteiger partial charge in [-0.05, 0) is 201 Å². The Morgan fingerprint density at radius 2 is 0.726 bits per heavy atom. The number of hydrogen-bond acceptors (Lipinski definition) is 0. The van der Waals surface area contributed by atoms with E-state index < -0.39 is 18.6 Å². The minimum absolute atomic E-state index is 0.506. The number of rotatable bonds is 6. The van der Waals surface area contributed by atoms with Crippen LogP contribution in [-0.2, 0) is 28.2 Å². The monoisotopic (exact) mass is 1110 g/mol. The largest absolute Gasteiger partial charge is 0.220 e. The van der Waals surface area contributed by atoms with E-state index >= 15 is 0 Å². The van der Waals surface area contributed by atoms with Crippen LogP contribution < -0.4 is 18.3 Å². The summed E-state index contributed by atoms with van der Waals surface area (Å²) >= 11 is 0. The van der Waals surface area contributed by atoms with E-state index in [4.69, 9.17) is 6.85 Å². The predicted molar refractivity (Wildman–Crippen MR) is 358 cm³/mol. The second-order valence-electron chi connectivity index (χ2n) is 23.6. The van der Waals surface area contributed by atoms with Gasteiger partial charge in [-0.25, -0.2) is 18.3 Å². The van der Waals surface area contributed by atoms with Crippen molar-refractivity contribution in [3.8, 4) is 45.0 Å². The molecule has 0 N–H and O–H groups in total. The van der Waals surface area contributed by atoms with Crippen molar-refractivity contribution in [2.24, 2.45) is 28.2 Å². The molecular formula is C80H88N4+4. The molecule has 8 aromatic carbocycles. The van der Waals surface area contributed by atoms with Gasteiger partial charge < -0.3 is 0 Å². The SMILES string of the molecule is Cc1cc(C)c(C)c(-c2c3ccccc3cc[n+]2C)c1.Cc1ccccc1-c1cc2ccccc2c[n+]1C.[2H]C(C)(C)c1ccc2c(-c3cc(C)cc(C)c3C)[n+](C)ccc2c1.[2H]C([2H])([2H])C([2H])(C)c1ccc2c(-c3cc(C)cc(C)c3C)[n+](C)ccc2c1. The van der Waals surface area contributed by atoms with Gasteiger partial charge >= 0.3 is 0 Å². The Morgan fingerprint density at radius 1 is 0.333 bits per heavy atom. The third-order valence-electron chi connectivity index (χ3n) is 17.0. The molecule has 0 aliphatic rings. The highest BCUT2D eigenvalue weighted by atomic mass is 14.9. The lowest BCUT2D eigenvalue weighted by Crippen LogP contribution is -2.30. The Balaban J connectivity index is 0.000000142. The molecule has 12 rings (SSSR count). The van der Waals surface area contributed by atoms with Crippen LogP contribution in [0.5, 0.6) is 0 Å². The fourth-order valence-corrected chi connectivity index (χ4v) is 11.9. The molecule has 0 saturated carbocycles. The molecule has 0 fully saturated rings. The Kier molecular flexibility index (Phi) is 16.2. The van der Waals surface area contributed by atoms with Gasteiger partial charge in [0.25, 0.3) is 0 Å². The summed E-state index contributed by atoms with van der Waals surface area (Å²) in [7, 11) is 8.36. The second kappa shape index (κ2) is 25.5. The van der Waals surface area contributed by atoms with E-state index in [1.807, 2.05) is 45.3 Å². The first-order valence-corrected chi connectivity index (χ1v) is 29.4. The summed E-state index contributed by atoms with van der Waals surface area (Å²) < 4.78 is 48.5. The van der Waals surface area contributed by atoms with Crippen molar-refractivity contribution in [3.63, 3.8) is 0 Å². The molecule has 424 valence electrons. The van der Waals surface area contributed by atoms with Crippen molar-refractivity contribution in [2.75, 3.05) is 0 Å². The van der Waals surface area contributed by atoms with E-state index in [1.165, 1.54) is 134 Å². The lowest BCUT2D eigenvalue weighted by molar-refractivity contribution is -0.659. The Bertz CT molecular complexity index is 4660. The molecule has 0 aliphatic carbocycles. The van der Waals surface area contributed by atoms with Crippen LogP contribution in [0.15, 0.2) is 195 Å². The van der Waals surface area contributed by atoms with Gasteiger partial charge in [0.05, 0.1) is 32.8 Å². The van der Waals surface area contributed by atoms with Crippen LogP contribution in [0.25, 0.3) is 88.1 Å². The summed E-state index contributed by atoms with van der Waals surface area (Å²) in [5, 5.41) is 9.59. The van der Waals surface area contributed by atoms with Gasteiger partial charge in [0.1, 0.15) is 28.2 Å². The van der Waals surface area contributed by atoms with Crippen LogP contribution in [-0.4, -0.2) is 0 Å². The number of fused-ring (bicyclic) bond motifs is 4. The van der Waals surface area contributed by atoms with Crippen LogP contribution in [0.1, 0.15) is 113 Å². The normalized spacial score (nSPS) is 13.0. The van der Waals surface area contributed by atoms with Gasteiger partial charge in [0.15, 0.2) is 24.8 Å². The predicted octanol–water partition coefficient (Wildman–Crippen LogP) is 18.7. The molecular weight excluding hydrogens is 1020 g/mol. The van der Waals surface area contributed by atoms with Crippen molar-refractivity contribution in [1.29, 1.82) is 0 Å². The summed E-state index contributed by atoms with van der Waals surface area (Å²) in [6, 6.07) is 59.6. The van der Waals surface area contributed by atoms with E-state index in [0.717, 1.165) is 22.0 Å². The maximum Gasteiger partial charge on any atom is 0.220 e. The molecule has 12 aromatic rings. The standard InChI is InChI=1S/2C22H26N.C19H20N.C17H16N/c2*1-14(2)18-7-8-20-19(13-18)9-10-23(6)22(20)21-12-15(3)11-16(4)17(21)5;1-13-11-14(2)15(3)18(12-13)19-17-8-6-5-7-16(17)9-10-20(19)4;1-13-7-3-6-10-16(13)17-11-14-8-4-5-9-15(14)12-18(17)2/h2*7-14H,1-6H3;5-12H,1-4H3;3-12H,1-2H3/q4*+1/i1D3,14D;14D;;. The highest BCUT2D eigenvalue weighted by Crippen LogP contribution is 2.35. The fourth-order valence-electron chi connectivity index (χ4n) is 11.9. The number of aryl methyl sites for hydroxylation is 11. The van der Waals surface area contributed by atoms with Gasteiger partial charge in [-0.1, -0.05) is 141 Å². The first-order chi connectivity index (χ1) is 41.9. The fraction of sp³-hybridized carbons (Fsp3) is 0.250. The van der Waals surface area contributed by atoms with Crippen LogP contribution in [0, 0.1) is 69.2 Å². The van der Waals surface area contributed by atoms with Crippen molar-refractivity contribution < 1.29 is 25.1 Å². The summed E-state index contributed by atoms with van der Waals surface area (Å²) in [6.45, 7) is 24.6. The topological polar surface area (TPSA) is 15.5 Å². The van der Waals surface area contributed by atoms with Gasteiger partial charge in [-0.2, -0.15) is 0 Å². The smallest absolute Gasteiger partial charge is 0.200 e. The molecule has 0 saturated heterocycles. The Hall–Kier alpha value is -8.60. The Morgan fingerprint density at radius 3 is 1.18 bits per heavy atom. The zero-order valence-electron chi connectivity index (χ0n) is 57.8. The van der Waals surface area contributed by atoms with Crippen LogP contribution in [0.2, 0.25) is 0 Å². The Labute approximate surface area is 509 Å². The third kappa shape index (κ3) is 12.8. The number of benzene rings is 8. The summed E-state index contributed by atoms with van der Waals surface area (Å²) in [5.74, 6) is -2.22. The number of pyridine rings is 4. The molecule has 4 aromatic heterocycles. The molecule has 0 radical (unpaired) electrons. The third-order valence-corrected chi connectivity index (χ3v) is 17.0. The molecule has 4 heteroatoms. The van der Waals surface area contributed by atoms with E-state index in [-0.39, 0.29) is 0 Å². The summed E-state index contributed by atoms with van der Waals surface area (Å²) in [5.41, 5.74) is 24.5. The number of hydrogen-bond donors (Lipinski definition) is 0. The average molecular weight is 1110 g/mol. The number of nitrogens with zero attached hydrogens (tertiary/aromatic N) is 4. The van der Waals surface area contributed by atoms with E-state index in [1.54, 1.807) is 6.07 Å². The van der Waals surface area contributed by atoms with Crippen LogP contribution >= 0.6 is 0 Å². The highest BCUT2D eigenvalue weighted by molar-refractivity contribution is 5.96. The molecule has 0 amide bonds. The molecule has 0 aliphatic heterocycles. The lowest BCUT2D eigenvalue weighted by Gasteiger charge is -2.12. The first-order valence-electron chi connectivity index (χ1n) is 31.9. The molecule has 4 heterocycles. The molecule has 1 atom stereocenters. The van der Waals surface area contributed by atoms with E-state index in [9.17, 15) is 0 Å². The summed E-state index contributed by atoms with van der Waals surface area (Å²) in [6.07, 6.45) is 8.45. The van der Waals surface area contributed by atoms with Crippen molar-refractivity contribution in [3.05, 3.63) is 261 Å². The van der Waals surface area contributed by atoms with Crippen LogP contribution in [0.4, 0.5) is 0 Å². The van der Waals surface area contributed by atoms with Gasteiger partial charge in [0, 0.05) is 42.1 Å². The van der Waals surface area contributed by atoms with Crippen molar-refractivity contribution >= 4 is 43.1 Å². The highest BCUT2D eigenvalue weighted by Gasteiger charge is 2.22. The first kappa shape index (κ1) is 53.4. The van der Waals surface area contributed by atoms with Crippen molar-refractivity contribution in [2.45, 2.75) is 109 Å². The molecule has 0 spiro atoms. The minimum Gasteiger partial charge on any atom is -0.200 e. The van der Waals surface area contributed by atoms with Gasteiger partial charge in [-0.3, -0.25) is 0 Å². The van der Waals surface area contributed by atoms with Crippen LogP contribution in [0.3, 0.4) is 0 Å². The van der Waals surface area contributed by atoms with E-state index in [2.05, 4.69) is 273 Å². The quantitative estimate of drug-likeness (QED) is 0.148. The molecule has 4 nitrogen and oxygen atoms in total. The zero-order chi connectivity index (χ0) is 64.6. The lowest BCUT2D eigenvalue weighted by atomic mass is 9.93. The molecule has 1 unspecified atom stereocenters. The molecule has 84 heavy (non-hydrogen) atoms. The number of aromatic nitrogens is 4. The summed E-state index contributed by atoms with van der Waals surface area (Å²) in [4.78, 5) is 0. The maximum absolute atomic E-state index is 8.38. The second-order valence-corrected chi connectivity index (χ2v) is 23.6. The van der Waals surface area contributed by atoms with E-state index in [0.29, 0.717) is 5.56 Å².